The quantitative estimate of drug-likeness (QED) is 0.830. The van der Waals surface area contributed by atoms with Crippen molar-refractivity contribution < 1.29 is 0 Å². The normalized spacial score (nSPS) is 11.3. The summed E-state index contributed by atoms with van der Waals surface area (Å²) >= 11 is 6.42. The third-order valence-corrected chi connectivity index (χ3v) is 3.73. The summed E-state index contributed by atoms with van der Waals surface area (Å²) in [6.07, 6.45) is 5.90. The maximum Gasteiger partial charge on any atom is 0.113 e. The standard InChI is InChI=1S/C17H24ClN3/c1-4-5-17-20-8-9-21(17)15-7-6-14(16(18)10-15)12-19-11-13(2)3/h6-10,13,19H,4-5,11-12H2,1-3H3. The molecule has 0 fully saturated rings. The van der Waals surface area contributed by atoms with Crippen LogP contribution < -0.4 is 5.32 Å². The lowest BCUT2D eigenvalue weighted by Gasteiger charge is -2.12. The van der Waals surface area contributed by atoms with E-state index in [-0.39, 0.29) is 0 Å². The molecule has 1 N–H and O–H groups in total. The molecule has 0 saturated heterocycles. The smallest absolute Gasteiger partial charge is 0.113 e. The summed E-state index contributed by atoms with van der Waals surface area (Å²) < 4.78 is 2.11. The molecular weight excluding hydrogens is 282 g/mol. The average molecular weight is 306 g/mol. The molecule has 0 spiro atoms. The Labute approximate surface area is 132 Å². The minimum atomic E-state index is 0.644. The molecule has 1 aromatic carbocycles. The van der Waals surface area contributed by atoms with Crippen molar-refractivity contribution in [3.63, 3.8) is 0 Å². The van der Waals surface area contributed by atoms with Crippen LogP contribution in [0.3, 0.4) is 0 Å². The Bertz CT molecular complexity index is 575. The van der Waals surface area contributed by atoms with Crippen molar-refractivity contribution in [3.05, 3.63) is 47.0 Å². The van der Waals surface area contributed by atoms with E-state index in [9.17, 15) is 0 Å². The molecule has 2 aromatic rings. The Kier molecular flexibility index (Phi) is 5.83. The predicted octanol–water partition coefficient (Wildman–Crippen LogP) is 4.22. The molecule has 0 aliphatic heterocycles. The number of hydrogen-bond donors (Lipinski definition) is 1. The first kappa shape index (κ1) is 16.1. The number of benzene rings is 1. The number of aromatic nitrogens is 2. The highest BCUT2D eigenvalue weighted by Crippen LogP contribution is 2.21. The Morgan fingerprint density at radius 2 is 2.14 bits per heavy atom. The first-order valence-corrected chi connectivity index (χ1v) is 8.01. The molecule has 0 atom stereocenters. The molecule has 21 heavy (non-hydrogen) atoms. The average Bonchev–Trinajstić information content (AvgIpc) is 2.89. The van der Waals surface area contributed by atoms with E-state index < -0.39 is 0 Å². The topological polar surface area (TPSA) is 29.9 Å². The van der Waals surface area contributed by atoms with Crippen LogP contribution in [-0.2, 0) is 13.0 Å². The van der Waals surface area contributed by atoms with Crippen molar-refractivity contribution in [3.8, 4) is 5.69 Å². The van der Waals surface area contributed by atoms with Gasteiger partial charge in [-0.05, 0) is 36.6 Å². The van der Waals surface area contributed by atoms with Crippen molar-refractivity contribution in [1.82, 2.24) is 14.9 Å². The number of nitrogens with zero attached hydrogens (tertiary/aromatic N) is 2. The lowest BCUT2D eigenvalue weighted by molar-refractivity contribution is 0.552. The summed E-state index contributed by atoms with van der Waals surface area (Å²) in [5.74, 6) is 1.73. The van der Waals surface area contributed by atoms with Crippen LogP contribution in [0.2, 0.25) is 5.02 Å². The number of imidazole rings is 1. The predicted molar refractivity (Wildman–Crippen MR) is 89.1 cm³/mol. The molecule has 0 saturated carbocycles. The third-order valence-electron chi connectivity index (χ3n) is 3.37. The minimum Gasteiger partial charge on any atom is -0.312 e. The minimum absolute atomic E-state index is 0.644. The summed E-state index contributed by atoms with van der Waals surface area (Å²) in [5.41, 5.74) is 2.21. The maximum atomic E-state index is 6.42. The van der Waals surface area contributed by atoms with Crippen LogP contribution in [0.25, 0.3) is 5.69 Å². The van der Waals surface area contributed by atoms with Crippen molar-refractivity contribution in [2.24, 2.45) is 5.92 Å². The Balaban J connectivity index is 2.13. The second-order valence-corrected chi connectivity index (χ2v) is 6.17. The Morgan fingerprint density at radius 1 is 1.33 bits per heavy atom. The van der Waals surface area contributed by atoms with Gasteiger partial charge >= 0.3 is 0 Å². The summed E-state index contributed by atoms with van der Waals surface area (Å²) in [4.78, 5) is 4.41. The lowest BCUT2D eigenvalue weighted by atomic mass is 10.1. The molecule has 0 unspecified atom stereocenters. The van der Waals surface area contributed by atoms with Gasteiger partial charge in [0.1, 0.15) is 5.82 Å². The largest absolute Gasteiger partial charge is 0.312 e. The molecule has 0 amide bonds. The van der Waals surface area contributed by atoms with Crippen LogP contribution in [-0.4, -0.2) is 16.1 Å². The highest BCUT2D eigenvalue weighted by molar-refractivity contribution is 6.31. The second-order valence-electron chi connectivity index (χ2n) is 5.76. The van der Waals surface area contributed by atoms with E-state index in [1.165, 1.54) is 0 Å². The van der Waals surface area contributed by atoms with Crippen molar-refractivity contribution in [2.75, 3.05) is 6.54 Å². The van der Waals surface area contributed by atoms with Gasteiger partial charge in [0.15, 0.2) is 0 Å². The van der Waals surface area contributed by atoms with Gasteiger partial charge < -0.3 is 9.88 Å². The molecular formula is C17H24ClN3. The van der Waals surface area contributed by atoms with Crippen LogP contribution in [0, 0.1) is 5.92 Å². The Hall–Kier alpha value is -1.32. The fourth-order valence-electron chi connectivity index (χ4n) is 2.30. The summed E-state index contributed by atoms with van der Waals surface area (Å²) in [6.45, 7) is 8.37. The van der Waals surface area contributed by atoms with E-state index in [0.29, 0.717) is 5.92 Å². The SMILES string of the molecule is CCCc1nccn1-c1ccc(CNCC(C)C)c(Cl)c1. The molecule has 0 aliphatic carbocycles. The summed E-state index contributed by atoms with van der Waals surface area (Å²) in [6, 6.07) is 6.23. The fraction of sp³-hybridized carbons (Fsp3) is 0.471. The highest BCUT2D eigenvalue weighted by Gasteiger charge is 2.07. The van der Waals surface area contributed by atoms with Crippen LogP contribution >= 0.6 is 11.6 Å². The fourth-order valence-corrected chi connectivity index (χ4v) is 2.54. The molecule has 0 bridgehead atoms. The van der Waals surface area contributed by atoms with Crippen molar-refractivity contribution in [1.29, 1.82) is 0 Å². The van der Waals surface area contributed by atoms with Gasteiger partial charge in [0.25, 0.3) is 0 Å². The van der Waals surface area contributed by atoms with E-state index in [1.807, 2.05) is 18.5 Å². The van der Waals surface area contributed by atoms with Gasteiger partial charge in [-0.1, -0.05) is 38.4 Å². The zero-order chi connectivity index (χ0) is 15.2. The number of nitrogens with one attached hydrogen (secondary N) is 1. The Morgan fingerprint density at radius 3 is 2.81 bits per heavy atom. The molecule has 3 nitrogen and oxygen atoms in total. The van der Waals surface area contributed by atoms with Gasteiger partial charge in [0, 0.05) is 36.1 Å². The molecule has 2 rings (SSSR count). The molecule has 1 heterocycles. The van der Waals surface area contributed by atoms with Crippen molar-refractivity contribution in [2.45, 2.75) is 40.2 Å². The van der Waals surface area contributed by atoms with E-state index in [4.69, 9.17) is 11.6 Å². The van der Waals surface area contributed by atoms with Crippen molar-refractivity contribution >= 4 is 11.6 Å². The number of hydrogen-bond acceptors (Lipinski definition) is 2. The number of rotatable bonds is 7. The third kappa shape index (κ3) is 4.32. The van der Waals surface area contributed by atoms with Crippen LogP contribution in [0.5, 0.6) is 0 Å². The van der Waals surface area contributed by atoms with Gasteiger partial charge in [0.2, 0.25) is 0 Å². The molecule has 0 aliphatic rings. The van der Waals surface area contributed by atoms with Crippen LogP contribution in [0.15, 0.2) is 30.6 Å². The lowest BCUT2D eigenvalue weighted by Crippen LogP contribution is -2.19. The van der Waals surface area contributed by atoms with Gasteiger partial charge in [-0.2, -0.15) is 0 Å². The molecule has 114 valence electrons. The van der Waals surface area contributed by atoms with Gasteiger partial charge in [-0.15, -0.1) is 0 Å². The summed E-state index contributed by atoms with van der Waals surface area (Å²) in [5, 5.41) is 4.23. The van der Waals surface area contributed by atoms with E-state index in [0.717, 1.165) is 48.0 Å². The monoisotopic (exact) mass is 305 g/mol. The molecule has 0 radical (unpaired) electrons. The summed E-state index contributed by atoms with van der Waals surface area (Å²) in [7, 11) is 0. The number of aryl methyl sites for hydroxylation is 1. The van der Waals surface area contributed by atoms with Gasteiger partial charge in [-0.25, -0.2) is 4.98 Å². The molecule has 1 aromatic heterocycles. The van der Waals surface area contributed by atoms with Gasteiger partial charge in [-0.3, -0.25) is 0 Å². The van der Waals surface area contributed by atoms with Crippen LogP contribution in [0.1, 0.15) is 38.6 Å². The van der Waals surface area contributed by atoms with E-state index >= 15 is 0 Å². The van der Waals surface area contributed by atoms with Crippen LogP contribution in [0.4, 0.5) is 0 Å². The second kappa shape index (κ2) is 7.62. The number of halogens is 1. The zero-order valence-corrected chi connectivity index (χ0v) is 13.8. The first-order valence-electron chi connectivity index (χ1n) is 7.63. The zero-order valence-electron chi connectivity index (χ0n) is 13.1. The molecule has 4 heteroatoms. The maximum absolute atomic E-state index is 6.42. The van der Waals surface area contributed by atoms with E-state index in [1.54, 1.807) is 0 Å². The van der Waals surface area contributed by atoms with Gasteiger partial charge in [0.05, 0.1) is 0 Å². The highest BCUT2D eigenvalue weighted by atomic mass is 35.5. The first-order chi connectivity index (χ1) is 10.1. The van der Waals surface area contributed by atoms with E-state index in [2.05, 4.69) is 47.8 Å².